The van der Waals surface area contributed by atoms with Gasteiger partial charge in [-0.1, -0.05) is 6.92 Å². The molecule has 1 saturated heterocycles. The van der Waals surface area contributed by atoms with E-state index >= 15 is 0 Å². The highest BCUT2D eigenvalue weighted by atomic mass is 16.5. The standard InChI is InChI=1S/C14H26N2O3/c1-11-3-4-12(13(9-11)19-2)15-5-7-16(8-6-15)14(18)10-17/h11-13,17H,3-10H2,1-2H3. The number of ether oxygens (including phenoxy) is 1. The number of carbonyl (C=O) groups excluding carboxylic acids is 1. The minimum Gasteiger partial charge on any atom is -0.387 e. The van der Waals surface area contributed by atoms with E-state index in [2.05, 4.69) is 11.8 Å². The van der Waals surface area contributed by atoms with Crippen LogP contribution in [0.2, 0.25) is 0 Å². The smallest absolute Gasteiger partial charge is 0.248 e. The van der Waals surface area contributed by atoms with Crippen molar-refractivity contribution in [3.63, 3.8) is 0 Å². The zero-order chi connectivity index (χ0) is 13.8. The van der Waals surface area contributed by atoms with Crippen LogP contribution >= 0.6 is 0 Å². The predicted molar refractivity (Wildman–Crippen MR) is 72.8 cm³/mol. The van der Waals surface area contributed by atoms with Crippen molar-refractivity contribution in [3.05, 3.63) is 0 Å². The Hall–Kier alpha value is -0.650. The van der Waals surface area contributed by atoms with Crippen LogP contribution in [0.1, 0.15) is 26.2 Å². The molecule has 2 rings (SSSR count). The number of hydrogen-bond donors (Lipinski definition) is 1. The van der Waals surface area contributed by atoms with E-state index < -0.39 is 0 Å². The van der Waals surface area contributed by atoms with Crippen LogP contribution in [-0.2, 0) is 9.53 Å². The third kappa shape index (κ3) is 3.46. The molecule has 5 nitrogen and oxygen atoms in total. The molecule has 5 heteroatoms. The van der Waals surface area contributed by atoms with Crippen LogP contribution in [0.25, 0.3) is 0 Å². The summed E-state index contributed by atoms with van der Waals surface area (Å²) in [5.74, 6) is 0.596. The fourth-order valence-corrected chi connectivity index (χ4v) is 3.39. The number of rotatable bonds is 3. The van der Waals surface area contributed by atoms with Crippen molar-refractivity contribution in [2.24, 2.45) is 5.92 Å². The van der Waals surface area contributed by atoms with Crippen molar-refractivity contribution in [1.29, 1.82) is 0 Å². The summed E-state index contributed by atoms with van der Waals surface area (Å²) in [5, 5.41) is 8.89. The molecule has 0 bridgehead atoms. The summed E-state index contributed by atoms with van der Waals surface area (Å²) >= 11 is 0. The number of amides is 1. The molecule has 1 aliphatic heterocycles. The topological polar surface area (TPSA) is 53.0 Å². The van der Waals surface area contributed by atoms with Gasteiger partial charge in [0.15, 0.2) is 0 Å². The maximum Gasteiger partial charge on any atom is 0.248 e. The number of aliphatic hydroxyl groups excluding tert-OH is 1. The number of aliphatic hydroxyl groups is 1. The first-order valence-corrected chi connectivity index (χ1v) is 7.31. The maximum atomic E-state index is 11.4. The SMILES string of the molecule is COC1CC(C)CCC1N1CCN(C(=O)CO)CC1. The van der Waals surface area contributed by atoms with Crippen LogP contribution in [0, 0.1) is 5.92 Å². The lowest BCUT2D eigenvalue weighted by atomic mass is 9.84. The molecule has 1 aliphatic carbocycles. The van der Waals surface area contributed by atoms with Gasteiger partial charge in [-0.15, -0.1) is 0 Å². The molecule has 1 heterocycles. The maximum absolute atomic E-state index is 11.4. The number of methoxy groups -OCH3 is 1. The lowest BCUT2D eigenvalue weighted by Crippen LogP contribution is -2.56. The van der Waals surface area contributed by atoms with Gasteiger partial charge in [0.2, 0.25) is 5.91 Å². The van der Waals surface area contributed by atoms with Crippen LogP contribution in [-0.4, -0.2) is 72.9 Å². The Kier molecular flexibility index (Phi) is 5.19. The highest BCUT2D eigenvalue weighted by Crippen LogP contribution is 2.29. The van der Waals surface area contributed by atoms with Gasteiger partial charge in [0, 0.05) is 39.3 Å². The molecule has 2 aliphatic rings. The average molecular weight is 270 g/mol. The van der Waals surface area contributed by atoms with Crippen molar-refractivity contribution in [1.82, 2.24) is 9.80 Å². The van der Waals surface area contributed by atoms with E-state index in [4.69, 9.17) is 9.84 Å². The van der Waals surface area contributed by atoms with E-state index in [1.165, 1.54) is 12.8 Å². The molecule has 2 fully saturated rings. The average Bonchev–Trinajstić information content (AvgIpc) is 2.46. The Bertz CT molecular complexity index is 303. The van der Waals surface area contributed by atoms with E-state index in [0.717, 1.165) is 38.5 Å². The van der Waals surface area contributed by atoms with Gasteiger partial charge in [0.1, 0.15) is 6.61 Å². The molecule has 110 valence electrons. The molecule has 0 aromatic carbocycles. The van der Waals surface area contributed by atoms with Crippen molar-refractivity contribution >= 4 is 5.91 Å². The molecule has 0 aromatic rings. The van der Waals surface area contributed by atoms with Gasteiger partial charge in [-0.05, 0) is 25.2 Å². The Morgan fingerprint density at radius 3 is 2.53 bits per heavy atom. The first-order valence-electron chi connectivity index (χ1n) is 7.31. The minimum atomic E-state index is -0.373. The third-order valence-corrected chi connectivity index (χ3v) is 4.59. The number of piperazine rings is 1. The van der Waals surface area contributed by atoms with Gasteiger partial charge >= 0.3 is 0 Å². The van der Waals surface area contributed by atoms with Crippen LogP contribution in [0.15, 0.2) is 0 Å². The Balaban J connectivity index is 1.88. The summed E-state index contributed by atoms with van der Waals surface area (Å²) in [7, 11) is 1.81. The summed E-state index contributed by atoms with van der Waals surface area (Å²) in [6, 6.07) is 0.493. The summed E-state index contributed by atoms with van der Waals surface area (Å²) in [5.41, 5.74) is 0. The molecule has 19 heavy (non-hydrogen) atoms. The molecule has 0 radical (unpaired) electrons. The predicted octanol–water partition coefficient (Wildman–Crippen LogP) is 0.327. The second-order valence-corrected chi connectivity index (χ2v) is 5.83. The lowest BCUT2D eigenvalue weighted by molar-refractivity contribution is -0.137. The van der Waals surface area contributed by atoms with Gasteiger partial charge in [-0.2, -0.15) is 0 Å². The molecule has 1 N–H and O–H groups in total. The van der Waals surface area contributed by atoms with E-state index in [9.17, 15) is 4.79 Å². The Morgan fingerprint density at radius 2 is 1.95 bits per heavy atom. The van der Waals surface area contributed by atoms with Gasteiger partial charge in [-0.3, -0.25) is 9.69 Å². The second-order valence-electron chi connectivity index (χ2n) is 5.83. The fourth-order valence-electron chi connectivity index (χ4n) is 3.39. The molecule has 1 amide bonds. The second kappa shape index (κ2) is 6.68. The first-order chi connectivity index (χ1) is 9.15. The fraction of sp³-hybridized carbons (Fsp3) is 0.929. The van der Waals surface area contributed by atoms with E-state index in [-0.39, 0.29) is 12.5 Å². The van der Waals surface area contributed by atoms with Gasteiger partial charge in [0.25, 0.3) is 0 Å². The van der Waals surface area contributed by atoms with Crippen LogP contribution < -0.4 is 0 Å². The van der Waals surface area contributed by atoms with E-state index in [1.54, 1.807) is 12.0 Å². The van der Waals surface area contributed by atoms with E-state index in [0.29, 0.717) is 12.1 Å². The van der Waals surface area contributed by atoms with Crippen LogP contribution in [0.3, 0.4) is 0 Å². The van der Waals surface area contributed by atoms with Crippen molar-refractivity contribution in [2.45, 2.75) is 38.3 Å². The van der Waals surface area contributed by atoms with Crippen LogP contribution in [0.4, 0.5) is 0 Å². The summed E-state index contributed by atoms with van der Waals surface area (Å²) < 4.78 is 5.66. The first kappa shape index (κ1) is 14.8. The third-order valence-electron chi connectivity index (χ3n) is 4.59. The summed E-state index contributed by atoms with van der Waals surface area (Å²) in [4.78, 5) is 15.7. The van der Waals surface area contributed by atoms with Gasteiger partial charge in [0.05, 0.1) is 6.10 Å². The highest BCUT2D eigenvalue weighted by Gasteiger charge is 2.34. The quantitative estimate of drug-likeness (QED) is 0.803. The lowest BCUT2D eigenvalue weighted by Gasteiger charge is -2.44. The van der Waals surface area contributed by atoms with Gasteiger partial charge in [-0.25, -0.2) is 0 Å². The number of carbonyl (C=O) groups is 1. The highest BCUT2D eigenvalue weighted by molar-refractivity contribution is 5.77. The van der Waals surface area contributed by atoms with Gasteiger partial charge < -0.3 is 14.7 Å². The molecule has 0 spiro atoms. The largest absolute Gasteiger partial charge is 0.387 e. The molecule has 1 saturated carbocycles. The van der Waals surface area contributed by atoms with Crippen LogP contribution in [0.5, 0.6) is 0 Å². The minimum absolute atomic E-state index is 0.153. The normalized spacial score (nSPS) is 33.4. The molecule has 0 aromatic heterocycles. The van der Waals surface area contributed by atoms with Crippen molar-refractivity contribution < 1.29 is 14.6 Å². The molecule has 3 unspecified atom stereocenters. The Labute approximate surface area is 115 Å². The van der Waals surface area contributed by atoms with Crippen molar-refractivity contribution in [3.8, 4) is 0 Å². The Morgan fingerprint density at radius 1 is 1.26 bits per heavy atom. The summed E-state index contributed by atoms with van der Waals surface area (Å²) in [6.45, 7) is 5.15. The monoisotopic (exact) mass is 270 g/mol. The number of hydrogen-bond acceptors (Lipinski definition) is 4. The number of nitrogens with zero attached hydrogens (tertiary/aromatic N) is 2. The zero-order valence-electron chi connectivity index (χ0n) is 12.0. The zero-order valence-corrected chi connectivity index (χ0v) is 12.0. The molecular weight excluding hydrogens is 244 g/mol. The molecule has 3 atom stereocenters. The van der Waals surface area contributed by atoms with Crippen molar-refractivity contribution in [2.75, 3.05) is 39.9 Å². The van der Waals surface area contributed by atoms with E-state index in [1.807, 2.05) is 0 Å². The summed E-state index contributed by atoms with van der Waals surface area (Å²) in [6.07, 6.45) is 3.91. The molecular formula is C14H26N2O3.